The smallest absolute Gasteiger partial charge is 0.307 e. The minimum absolute atomic E-state index is 0.0728. The number of carbonyl (C=O) groups is 1. The molecule has 0 spiro atoms. The van der Waals surface area contributed by atoms with Gasteiger partial charge in [-0.3, -0.25) is 19.6 Å². The molecule has 2 heterocycles. The molecule has 6 nitrogen and oxygen atoms in total. The second-order valence-corrected chi connectivity index (χ2v) is 9.20. The number of rotatable bonds is 11. The van der Waals surface area contributed by atoms with E-state index in [1.165, 1.54) is 19.3 Å². The van der Waals surface area contributed by atoms with Crippen LogP contribution in [-0.4, -0.2) is 32.9 Å². The normalized spacial score (nSPS) is 10.9. The SMILES string of the molecule is CCCCCCCC(=O)N(C)Cc1cccc(-c2ccc(Cc3sc(=O)[nH]c3O)cn2)c1. The number of nitrogens with one attached hydrogen (secondary N) is 1. The minimum atomic E-state index is -0.265. The van der Waals surface area contributed by atoms with E-state index in [0.717, 1.165) is 46.6 Å². The van der Waals surface area contributed by atoms with Crippen LogP contribution in [0.5, 0.6) is 5.88 Å². The molecule has 2 N–H and O–H groups in total. The van der Waals surface area contributed by atoms with E-state index in [2.05, 4.69) is 23.0 Å². The van der Waals surface area contributed by atoms with Crippen LogP contribution in [0.25, 0.3) is 11.3 Å². The van der Waals surface area contributed by atoms with Crippen molar-refractivity contribution in [3.05, 3.63) is 68.3 Å². The fraction of sp³-hybridized carbons (Fsp3) is 0.400. The van der Waals surface area contributed by atoms with Crippen molar-refractivity contribution in [1.29, 1.82) is 0 Å². The molecule has 0 saturated heterocycles. The molecule has 0 unspecified atom stereocenters. The maximum atomic E-state index is 12.4. The van der Waals surface area contributed by atoms with Crippen molar-refractivity contribution in [1.82, 2.24) is 14.9 Å². The van der Waals surface area contributed by atoms with E-state index in [1.54, 1.807) is 11.1 Å². The van der Waals surface area contributed by atoms with Crippen molar-refractivity contribution in [2.24, 2.45) is 0 Å². The number of hydrogen-bond acceptors (Lipinski definition) is 5. The Bertz CT molecular complexity index is 1070. The summed E-state index contributed by atoms with van der Waals surface area (Å²) in [6.45, 7) is 2.77. The van der Waals surface area contributed by atoms with Crippen LogP contribution < -0.4 is 4.87 Å². The third-order valence-electron chi connectivity index (χ3n) is 5.45. The third-order valence-corrected chi connectivity index (χ3v) is 6.32. The maximum absolute atomic E-state index is 12.4. The number of aromatic hydroxyl groups is 1. The average Bonchev–Trinajstić information content (AvgIpc) is 3.10. The highest BCUT2D eigenvalue weighted by Crippen LogP contribution is 2.23. The number of pyridine rings is 1. The number of hydrogen-bond donors (Lipinski definition) is 2. The quantitative estimate of drug-likeness (QED) is 0.395. The summed E-state index contributed by atoms with van der Waals surface area (Å²) in [5.41, 5.74) is 3.81. The van der Waals surface area contributed by atoms with Gasteiger partial charge in [-0.1, -0.05) is 68.2 Å². The molecule has 7 heteroatoms. The molecule has 0 radical (unpaired) electrons. The van der Waals surface area contributed by atoms with Crippen LogP contribution in [-0.2, 0) is 17.8 Å². The minimum Gasteiger partial charge on any atom is -0.494 e. The number of aromatic nitrogens is 2. The van der Waals surface area contributed by atoms with Crippen molar-refractivity contribution in [2.45, 2.75) is 58.4 Å². The molecule has 0 bridgehead atoms. The summed E-state index contributed by atoms with van der Waals surface area (Å²) in [5.74, 6) is 0.112. The largest absolute Gasteiger partial charge is 0.494 e. The van der Waals surface area contributed by atoms with Gasteiger partial charge in [0.05, 0.1) is 10.6 Å². The van der Waals surface area contributed by atoms with E-state index in [4.69, 9.17) is 0 Å². The first-order chi connectivity index (χ1) is 15.5. The summed E-state index contributed by atoms with van der Waals surface area (Å²) in [4.78, 5) is 32.8. The van der Waals surface area contributed by atoms with E-state index in [1.807, 2.05) is 37.4 Å². The summed E-state index contributed by atoms with van der Waals surface area (Å²) in [5, 5.41) is 9.76. The number of thiazole rings is 1. The molecule has 0 atom stereocenters. The average molecular weight is 454 g/mol. The number of aromatic amines is 1. The van der Waals surface area contributed by atoms with Crippen molar-refractivity contribution in [3.63, 3.8) is 0 Å². The molecule has 0 saturated carbocycles. The fourth-order valence-corrected chi connectivity index (χ4v) is 4.38. The molecule has 0 aliphatic rings. The van der Waals surface area contributed by atoms with Crippen molar-refractivity contribution in [2.75, 3.05) is 7.05 Å². The van der Waals surface area contributed by atoms with Gasteiger partial charge in [-0.2, -0.15) is 0 Å². The Labute approximate surface area is 193 Å². The number of nitrogens with zero attached hydrogens (tertiary/aromatic N) is 2. The first-order valence-corrected chi connectivity index (χ1v) is 12.0. The van der Waals surface area contributed by atoms with Crippen LogP contribution in [0, 0.1) is 0 Å². The molecule has 1 amide bonds. The lowest BCUT2D eigenvalue weighted by molar-refractivity contribution is -0.130. The van der Waals surface area contributed by atoms with E-state index >= 15 is 0 Å². The summed E-state index contributed by atoms with van der Waals surface area (Å²) >= 11 is 1.01. The predicted molar refractivity (Wildman–Crippen MR) is 129 cm³/mol. The zero-order chi connectivity index (χ0) is 22.9. The topological polar surface area (TPSA) is 86.3 Å². The summed E-state index contributed by atoms with van der Waals surface area (Å²) in [6.07, 6.45) is 8.54. The molecule has 3 rings (SSSR count). The maximum Gasteiger partial charge on any atom is 0.307 e. The standard InChI is InChI=1S/C25H31N3O3S/c1-3-4-5-6-7-11-23(29)28(2)17-19-9-8-10-20(14-19)21-13-12-18(16-26-21)15-22-24(30)27-25(31)32-22/h8-10,12-14,16,30H,3-7,11,15,17H2,1-2H3,(H,27,31). The molecule has 170 valence electrons. The highest BCUT2D eigenvalue weighted by molar-refractivity contribution is 7.09. The lowest BCUT2D eigenvalue weighted by atomic mass is 10.1. The van der Waals surface area contributed by atoms with Crippen LogP contribution >= 0.6 is 11.3 Å². The monoisotopic (exact) mass is 453 g/mol. The number of carbonyl (C=O) groups excluding carboxylic acids is 1. The highest BCUT2D eigenvalue weighted by atomic mass is 32.1. The Kier molecular flexibility index (Phi) is 8.62. The molecule has 1 aromatic carbocycles. The van der Waals surface area contributed by atoms with Gasteiger partial charge in [0.15, 0.2) is 0 Å². The van der Waals surface area contributed by atoms with E-state index in [-0.39, 0.29) is 16.7 Å². The predicted octanol–water partition coefficient (Wildman–Crippen LogP) is 5.11. The Morgan fingerprint density at radius 2 is 1.94 bits per heavy atom. The zero-order valence-corrected chi connectivity index (χ0v) is 19.6. The highest BCUT2D eigenvalue weighted by Gasteiger charge is 2.11. The molecule has 3 aromatic rings. The second kappa shape index (κ2) is 11.6. The van der Waals surface area contributed by atoms with Gasteiger partial charge >= 0.3 is 4.87 Å². The van der Waals surface area contributed by atoms with Gasteiger partial charge < -0.3 is 10.0 Å². The third kappa shape index (κ3) is 6.79. The summed E-state index contributed by atoms with van der Waals surface area (Å²) in [6, 6.07) is 12.0. The molecule has 0 aliphatic carbocycles. The van der Waals surface area contributed by atoms with Crippen LogP contribution in [0.2, 0.25) is 0 Å². The lowest BCUT2D eigenvalue weighted by Crippen LogP contribution is -2.25. The Morgan fingerprint density at radius 3 is 2.62 bits per heavy atom. The molecule has 0 aliphatic heterocycles. The van der Waals surface area contributed by atoms with Gasteiger partial charge in [0.25, 0.3) is 0 Å². The first-order valence-electron chi connectivity index (χ1n) is 11.2. The van der Waals surface area contributed by atoms with Crippen LogP contribution in [0.1, 0.15) is 61.5 Å². The van der Waals surface area contributed by atoms with Crippen molar-refractivity contribution in [3.8, 4) is 17.1 Å². The van der Waals surface area contributed by atoms with Gasteiger partial charge in [-0.05, 0) is 29.7 Å². The van der Waals surface area contributed by atoms with Gasteiger partial charge in [0.1, 0.15) is 0 Å². The molecule has 0 fully saturated rings. The second-order valence-electron chi connectivity index (χ2n) is 8.13. The number of unbranched alkanes of at least 4 members (excludes halogenated alkanes) is 4. The number of H-pyrrole nitrogens is 1. The van der Waals surface area contributed by atoms with Crippen molar-refractivity contribution < 1.29 is 9.90 Å². The molecule has 32 heavy (non-hydrogen) atoms. The number of amides is 1. The van der Waals surface area contributed by atoms with Gasteiger partial charge in [0, 0.05) is 38.2 Å². The lowest BCUT2D eigenvalue weighted by Gasteiger charge is -2.18. The Hall–Kier alpha value is -2.93. The molecule has 2 aromatic heterocycles. The van der Waals surface area contributed by atoms with E-state index < -0.39 is 0 Å². The van der Waals surface area contributed by atoms with Crippen LogP contribution in [0.15, 0.2) is 47.4 Å². The Morgan fingerprint density at radius 1 is 1.12 bits per heavy atom. The van der Waals surface area contributed by atoms with E-state index in [0.29, 0.717) is 24.3 Å². The summed E-state index contributed by atoms with van der Waals surface area (Å²) < 4.78 is 0. The van der Waals surface area contributed by atoms with Gasteiger partial charge in [-0.25, -0.2) is 0 Å². The van der Waals surface area contributed by atoms with E-state index in [9.17, 15) is 14.7 Å². The van der Waals surface area contributed by atoms with Crippen LogP contribution in [0.4, 0.5) is 0 Å². The Balaban J connectivity index is 1.58. The first kappa shape index (κ1) is 23.7. The van der Waals surface area contributed by atoms with Crippen LogP contribution in [0.3, 0.4) is 0 Å². The number of benzene rings is 1. The molecular weight excluding hydrogens is 422 g/mol. The molecular formula is C25H31N3O3S. The van der Waals surface area contributed by atoms with Gasteiger partial charge in [-0.15, -0.1) is 0 Å². The van der Waals surface area contributed by atoms with Crippen molar-refractivity contribution >= 4 is 17.2 Å². The fourth-order valence-electron chi connectivity index (χ4n) is 3.62. The summed E-state index contributed by atoms with van der Waals surface area (Å²) in [7, 11) is 1.86. The zero-order valence-electron chi connectivity index (χ0n) is 18.8. The van der Waals surface area contributed by atoms with Gasteiger partial charge in [0.2, 0.25) is 11.8 Å².